The number of thiazole rings is 1. The van der Waals surface area contributed by atoms with Crippen LogP contribution in [-0.2, 0) is 6.42 Å². The molecule has 2 aromatic heterocycles. The first-order valence-corrected chi connectivity index (χ1v) is 10.4. The minimum Gasteiger partial charge on any atom is -0.306 e. The summed E-state index contributed by atoms with van der Waals surface area (Å²) in [5.41, 5.74) is 3.11. The predicted octanol–water partition coefficient (Wildman–Crippen LogP) is 5.24. The average molecular weight is 381 g/mol. The summed E-state index contributed by atoms with van der Waals surface area (Å²) < 4.78 is 1.96. The maximum Gasteiger partial charge on any atom is 0.268 e. The van der Waals surface area contributed by atoms with Crippen LogP contribution in [0.4, 0.5) is 5.82 Å². The van der Waals surface area contributed by atoms with Gasteiger partial charge in [-0.2, -0.15) is 5.10 Å². The summed E-state index contributed by atoms with van der Waals surface area (Å²) in [6, 6.07) is 10.7. The first-order chi connectivity index (χ1) is 13.2. The van der Waals surface area contributed by atoms with E-state index in [1.807, 2.05) is 17.7 Å². The van der Waals surface area contributed by atoms with Crippen LogP contribution in [0.15, 0.2) is 36.5 Å². The van der Waals surface area contributed by atoms with Gasteiger partial charge in [0.15, 0.2) is 0 Å². The zero-order chi connectivity index (χ0) is 18.8. The number of nitrogens with one attached hydrogen (secondary N) is 1. The van der Waals surface area contributed by atoms with Crippen LogP contribution in [0.5, 0.6) is 0 Å². The molecule has 2 heterocycles. The Balaban J connectivity index is 1.54. The van der Waals surface area contributed by atoms with Gasteiger partial charge in [0.1, 0.15) is 15.7 Å². The minimum absolute atomic E-state index is 0.110. The van der Waals surface area contributed by atoms with Crippen molar-refractivity contribution in [1.82, 2.24) is 14.8 Å². The van der Waals surface area contributed by atoms with Gasteiger partial charge in [-0.1, -0.05) is 44.0 Å². The molecule has 1 saturated carbocycles. The van der Waals surface area contributed by atoms with E-state index >= 15 is 0 Å². The van der Waals surface area contributed by atoms with E-state index in [1.54, 1.807) is 6.20 Å². The minimum atomic E-state index is -0.110. The topological polar surface area (TPSA) is 59.8 Å². The van der Waals surface area contributed by atoms with Crippen LogP contribution >= 0.6 is 11.3 Å². The average Bonchev–Trinajstić information content (AvgIpc) is 3.42. The second-order valence-corrected chi connectivity index (χ2v) is 8.04. The van der Waals surface area contributed by atoms with Crippen molar-refractivity contribution >= 4 is 23.1 Å². The second kappa shape index (κ2) is 7.64. The third-order valence-electron chi connectivity index (χ3n) is 5.19. The van der Waals surface area contributed by atoms with Gasteiger partial charge in [-0.15, -0.1) is 11.3 Å². The molecule has 6 heteroatoms. The van der Waals surface area contributed by atoms with Gasteiger partial charge in [0.05, 0.1) is 17.9 Å². The number of anilines is 1. The van der Waals surface area contributed by atoms with Crippen molar-refractivity contribution in [1.29, 1.82) is 0 Å². The molecule has 5 nitrogen and oxygen atoms in total. The summed E-state index contributed by atoms with van der Waals surface area (Å²) in [5.74, 6) is 0.662. The van der Waals surface area contributed by atoms with Crippen LogP contribution in [0.2, 0.25) is 0 Å². The Labute approximate surface area is 163 Å². The van der Waals surface area contributed by atoms with E-state index in [9.17, 15) is 4.79 Å². The molecule has 1 aliphatic rings. The predicted molar refractivity (Wildman–Crippen MR) is 109 cm³/mol. The normalized spacial score (nSPS) is 14.6. The molecule has 0 saturated heterocycles. The highest BCUT2D eigenvalue weighted by molar-refractivity contribution is 7.17. The lowest BCUT2D eigenvalue weighted by Gasteiger charge is -2.14. The standard InChI is InChI=1S/C21H24N4OS/c1-3-15-8-10-16(11-9-15)21-23-14(2)19(27-21)20(26)24-18-12-13-22-25(18)17-6-4-5-7-17/h8-13,17H,3-7H2,1-2H3,(H,24,26). The molecule has 1 aliphatic carbocycles. The number of aromatic nitrogens is 3. The van der Waals surface area contributed by atoms with Crippen molar-refractivity contribution in [3.63, 3.8) is 0 Å². The molecule has 0 aliphatic heterocycles. The summed E-state index contributed by atoms with van der Waals surface area (Å²) in [5, 5.41) is 8.34. The van der Waals surface area contributed by atoms with Gasteiger partial charge in [0, 0.05) is 11.6 Å². The zero-order valence-corrected chi connectivity index (χ0v) is 16.6. The van der Waals surface area contributed by atoms with Gasteiger partial charge in [-0.3, -0.25) is 4.79 Å². The van der Waals surface area contributed by atoms with Crippen molar-refractivity contribution in [2.24, 2.45) is 0 Å². The van der Waals surface area contributed by atoms with Crippen molar-refractivity contribution in [2.75, 3.05) is 5.32 Å². The number of nitrogens with zero attached hydrogens (tertiary/aromatic N) is 3. The SMILES string of the molecule is CCc1ccc(-c2nc(C)c(C(=O)Nc3ccnn3C3CCCC3)s2)cc1. The van der Waals surface area contributed by atoms with E-state index in [1.165, 1.54) is 29.7 Å². The summed E-state index contributed by atoms with van der Waals surface area (Å²) in [7, 11) is 0. The highest BCUT2D eigenvalue weighted by Crippen LogP contribution is 2.32. The van der Waals surface area contributed by atoms with E-state index < -0.39 is 0 Å². The summed E-state index contributed by atoms with van der Waals surface area (Å²) in [4.78, 5) is 18.1. The lowest BCUT2D eigenvalue weighted by atomic mass is 10.1. The fourth-order valence-electron chi connectivity index (χ4n) is 3.64. The number of hydrogen-bond acceptors (Lipinski definition) is 4. The molecule has 140 valence electrons. The van der Waals surface area contributed by atoms with Gasteiger partial charge in [-0.05, 0) is 31.7 Å². The Kier molecular flexibility index (Phi) is 5.07. The fourth-order valence-corrected chi connectivity index (χ4v) is 4.61. The van der Waals surface area contributed by atoms with Crippen LogP contribution in [-0.4, -0.2) is 20.7 Å². The Morgan fingerprint density at radius 1 is 1.22 bits per heavy atom. The van der Waals surface area contributed by atoms with Gasteiger partial charge < -0.3 is 5.32 Å². The molecular weight excluding hydrogens is 356 g/mol. The number of carbonyl (C=O) groups is 1. The Bertz CT molecular complexity index is 936. The fraction of sp³-hybridized carbons (Fsp3) is 0.381. The highest BCUT2D eigenvalue weighted by atomic mass is 32.1. The third-order valence-corrected chi connectivity index (χ3v) is 6.40. The molecule has 0 spiro atoms. The van der Waals surface area contributed by atoms with E-state index in [2.05, 4.69) is 46.6 Å². The monoisotopic (exact) mass is 380 g/mol. The van der Waals surface area contributed by atoms with Gasteiger partial charge in [-0.25, -0.2) is 9.67 Å². The summed E-state index contributed by atoms with van der Waals surface area (Å²) >= 11 is 1.44. The molecule has 0 radical (unpaired) electrons. The highest BCUT2D eigenvalue weighted by Gasteiger charge is 2.22. The van der Waals surface area contributed by atoms with Crippen LogP contribution in [0.25, 0.3) is 10.6 Å². The van der Waals surface area contributed by atoms with Gasteiger partial charge in [0.2, 0.25) is 0 Å². The van der Waals surface area contributed by atoms with Crippen molar-refractivity contribution in [3.8, 4) is 10.6 Å². The number of amides is 1. The molecular formula is C21H24N4OS. The molecule has 0 atom stereocenters. The van der Waals surface area contributed by atoms with E-state index in [4.69, 9.17) is 0 Å². The summed E-state index contributed by atoms with van der Waals surface area (Å²) in [6.45, 7) is 4.03. The van der Waals surface area contributed by atoms with Crippen molar-refractivity contribution in [2.45, 2.75) is 52.0 Å². The quantitative estimate of drug-likeness (QED) is 0.658. The third kappa shape index (κ3) is 3.67. The largest absolute Gasteiger partial charge is 0.306 e. The zero-order valence-electron chi connectivity index (χ0n) is 15.7. The Morgan fingerprint density at radius 2 is 1.96 bits per heavy atom. The van der Waals surface area contributed by atoms with Crippen LogP contribution in [0.1, 0.15) is 59.6 Å². The lowest BCUT2D eigenvalue weighted by Crippen LogP contribution is -2.17. The van der Waals surface area contributed by atoms with Gasteiger partial charge >= 0.3 is 0 Å². The molecule has 3 aromatic rings. The smallest absolute Gasteiger partial charge is 0.268 e. The summed E-state index contributed by atoms with van der Waals surface area (Å²) in [6.07, 6.45) is 7.48. The Hall–Kier alpha value is -2.47. The molecule has 0 bridgehead atoms. The number of hydrogen-bond donors (Lipinski definition) is 1. The van der Waals surface area contributed by atoms with E-state index in [0.717, 1.165) is 41.3 Å². The molecule has 1 amide bonds. The second-order valence-electron chi connectivity index (χ2n) is 7.04. The van der Waals surface area contributed by atoms with Crippen molar-refractivity contribution in [3.05, 3.63) is 52.7 Å². The van der Waals surface area contributed by atoms with Gasteiger partial charge in [0.25, 0.3) is 5.91 Å². The first-order valence-electron chi connectivity index (χ1n) is 9.57. The number of aryl methyl sites for hydroxylation is 2. The number of rotatable bonds is 5. The first kappa shape index (κ1) is 17.9. The number of carbonyl (C=O) groups excluding carboxylic acids is 1. The van der Waals surface area contributed by atoms with E-state index in [-0.39, 0.29) is 5.91 Å². The molecule has 4 rings (SSSR count). The maximum absolute atomic E-state index is 12.9. The lowest BCUT2D eigenvalue weighted by molar-refractivity contribution is 0.102. The molecule has 0 unspecified atom stereocenters. The molecule has 1 N–H and O–H groups in total. The van der Waals surface area contributed by atoms with Crippen molar-refractivity contribution < 1.29 is 4.79 Å². The number of benzene rings is 1. The maximum atomic E-state index is 12.9. The van der Waals surface area contributed by atoms with Crippen LogP contribution < -0.4 is 5.32 Å². The Morgan fingerprint density at radius 3 is 2.67 bits per heavy atom. The molecule has 1 aromatic carbocycles. The molecule has 27 heavy (non-hydrogen) atoms. The molecule has 1 fully saturated rings. The van der Waals surface area contributed by atoms with E-state index in [0.29, 0.717) is 10.9 Å². The van der Waals surface area contributed by atoms with Crippen LogP contribution in [0.3, 0.4) is 0 Å². The van der Waals surface area contributed by atoms with Crippen LogP contribution in [0, 0.1) is 6.92 Å².